The van der Waals surface area contributed by atoms with Crippen molar-refractivity contribution in [2.75, 3.05) is 0 Å². The number of alkyl halides is 3. The molecule has 0 aliphatic heterocycles. The van der Waals surface area contributed by atoms with Crippen molar-refractivity contribution in [1.29, 1.82) is 0 Å². The van der Waals surface area contributed by atoms with Gasteiger partial charge >= 0.3 is 6.18 Å². The summed E-state index contributed by atoms with van der Waals surface area (Å²) in [6.07, 6.45) is -4.40. The minimum Gasteiger partial charge on any atom is -0.489 e. The van der Waals surface area contributed by atoms with E-state index in [1.807, 2.05) is 0 Å². The van der Waals surface area contributed by atoms with Gasteiger partial charge < -0.3 is 4.74 Å². The second-order valence-electron chi connectivity index (χ2n) is 3.87. The lowest BCUT2D eigenvalue weighted by Gasteiger charge is -2.10. The van der Waals surface area contributed by atoms with Gasteiger partial charge in [-0.15, -0.1) is 0 Å². The molecule has 0 N–H and O–H groups in total. The minimum atomic E-state index is -4.40. The van der Waals surface area contributed by atoms with E-state index in [0.29, 0.717) is 5.02 Å². The van der Waals surface area contributed by atoms with E-state index in [9.17, 15) is 13.2 Å². The number of ether oxygens (including phenoxy) is 1. The first-order valence-electron chi connectivity index (χ1n) is 5.41. The Morgan fingerprint density at radius 2 is 1.95 bits per heavy atom. The summed E-state index contributed by atoms with van der Waals surface area (Å²) in [6.45, 7) is 0.149. The topological polar surface area (TPSA) is 9.23 Å². The van der Waals surface area contributed by atoms with Crippen molar-refractivity contribution in [3.8, 4) is 5.75 Å². The van der Waals surface area contributed by atoms with Gasteiger partial charge in [-0.1, -0.05) is 23.7 Å². The van der Waals surface area contributed by atoms with Crippen molar-refractivity contribution in [2.24, 2.45) is 0 Å². The Morgan fingerprint density at radius 3 is 2.63 bits per heavy atom. The number of rotatable bonds is 3. The summed E-state index contributed by atoms with van der Waals surface area (Å²) in [5.41, 5.74) is 0.000931. The lowest BCUT2D eigenvalue weighted by molar-refractivity contribution is -0.137. The highest BCUT2D eigenvalue weighted by molar-refractivity contribution is 6.30. The van der Waals surface area contributed by atoms with Crippen LogP contribution < -0.4 is 4.74 Å². The third-order valence-electron chi connectivity index (χ3n) is 2.38. The van der Waals surface area contributed by atoms with Crippen molar-refractivity contribution in [2.45, 2.75) is 12.8 Å². The third-order valence-corrected chi connectivity index (χ3v) is 2.62. The lowest BCUT2D eigenvalue weighted by Crippen LogP contribution is -2.05. The van der Waals surface area contributed by atoms with Crippen LogP contribution in [0, 0.1) is 6.07 Å². The van der Waals surface area contributed by atoms with Crippen molar-refractivity contribution in [3.63, 3.8) is 0 Å². The van der Waals surface area contributed by atoms with Crippen LogP contribution in [0.4, 0.5) is 13.2 Å². The molecule has 0 saturated heterocycles. The maximum atomic E-state index is 12.5. The van der Waals surface area contributed by atoms with Crippen LogP contribution in [0.25, 0.3) is 0 Å². The molecule has 0 atom stereocenters. The van der Waals surface area contributed by atoms with Crippen molar-refractivity contribution in [3.05, 3.63) is 64.7 Å². The molecule has 0 spiro atoms. The summed E-state index contributed by atoms with van der Waals surface area (Å²) >= 11 is 5.80. The van der Waals surface area contributed by atoms with Gasteiger partial charge in [0.1, 0.15) is 12.4 Å². The van der Waals surface area contributed by atoms with Crippen LogP contribution in [0.5, 0.6) is 5.75 Å². The van der Waals surface area contributed by atoms with Gasteiger partial charge in [-0.2, -0.15) is 13.2 Å². The van der Waals surface area contributed by atoms with Crippen LogP contribution in [0.2, 0.25) is 5.02 Å². The zero-order valence-corrected chi connectivity index (χ0v) is 10.4. The molecule has 2 aromatic rings. The Morgan fingerprint density at radius 1 is 1.16 bits per heavy atom. The molecule has 2 rings (SSSR count). The Labute approximate surface area is 113 Å². The fourth-order valence-corrected chi connectivity index (χ4v) is 1.70. The van der Waals surface area contributed by atoms with Gasteiger partial charge in [0.15, 0.2) is 0 Å². The van der Waals surface area contributed by atoms with E-state index in [1.54, 1.807) is 24.3 Å². The van der Waals surface area contributed by atoms with Gasteiger partial charge in [-0.3, -0.25) is 0 Å². The molecule has 99 valence electrons. The predicted octanol–water partition coefficient (Wildman–Crippen LogP) is 4.74. The summed E-state index contributed by atoms with van der Waals surface area (Å²) in [5.74, 6) is 0.120. The molecule has 0 fully saturated rings. The highest BCUT2D eigenvalue weighted by Gasteiger charge is 2.30. The van der Waals surface area contributed by atoms with Crippen LogP contribution in [0.1, 0.15) is 11.1 Å². The van der Waals surface area contributed by atoms with Crippen molar-refractivity contribution < 1.29 is 17.9 Å². The number of hydrogen-bond donors (Lipinski definition) is 0. The van der Waals surface area contributed by atoms with Gasteiger partial charge in [-0.05, 0) is 42.0 Å². The van der Waals surface area contributed by atoms with Crippen LogP contribution in [0.3, 0.4) is 0 Å². The quantitative estimate of drug-likeness (QED) is 0.791. The summed E-state index contributed by atoms with van der Waals surface area (Å²) in [7, 11) is 0. The molecular weight excluding hydrogens is 277 g/mol. The van der Waals surface area contributed by atoms with Crippen LogP contribution in [-0.4, -0.2) is 0 Å². The van der Waals surface area contributed by atoms with E-state index >= 15 is 0 Å². The molecule has 5 heteroatoms. The average molecular weight is 286 g/mol. The SMILES string of the molecule is FC(F)(F)c1c[c]cc(OCc2cccc(Cl)c2)c1. The molecule has 0 bridgehead atoms. The van der Waals surface area contributed by atoms with Crippen LogP contribution >= 0.6 is 11.6 Å². The van der Waals surface area contributed by atoms with E-state index in [-0.39, 0.29) is 12.4 Å². The Hall–Kier alpha value is -1.68. The predicted molar refractivity (Wildman–Crippen MR) is 66.1 cm³/mol. The Kier molecular flexibility index (Phi) is 4.00. The molecule has 1 radical (unpaired) electrons. The molecule has 0 heterocycles. The lowest BCUT2D eigenvalue weighted by atomic mass is 10.2. The van der Waals surface area contributed by atoms with E-state index in [2.05, 4.69) is 6.07 Å². The first-order valence-corrected chi connectivity index (χ1v) is 5.78. The molecule has 0 aliphatic rings. The largest absolute Gasteiger partial charge is 0.489 e. The molecule has 0 saturated carbocycles. The highest BCUT2D eigenvalue weighted by Crippen LogP contribution is 2.31. The molecule has 0 unspecified atom stereocenters. The first kappa shape index (κ1) is 13.7. The number of hydrogen-bond acceptors (Lipinski definition) is 1. The maximum absolute atomic E-state index is 12.5. The third kappa shape index (κ3) is 3.89. The van der Waals surface area contributed by atoms with E-state index in [0.717, 1.165) is 17.7 Å². The Bertz CT molecular complexity index is 567. The zero-order valence-electron chi connectivity index (χ0n) is 9.67. The van der Waals surface area contributed by atoms with Gasteiger partial charge in [0.25, 0.3) is 0 Å². The molecule has 1 nitrogen and oxygen atoms in total. The molecule has 0 aliphatic carbocycles. The molecule has 2 aromatic carbocycles. The second kappa shape index (κ2) is 5.53. The summed E-state index contributed by atoms with van der Waals surface area (Å²) < 4.78 is 42.8. The smallest absolute Gasteiger partial charge is 0.416 e. The monoisotopic (exact) mass is 285 g/mol. The van der Waals surface area contributed by atoms with Gasteiger partial charge in [0.2, 0.25) is 0 Å². The minimum absolute atomic E-state index is 0.120. The molecule has 19 heavy (non-hydrogen) atoms. The standard InChI is InChI=1S/C14H9ClF3O/c15-12-5-1-3-10(7-12)9-19-13-6-2-4-11(8-13)14(16,17)18/h1,3-8H,9H2. The molecule has 0 aromatic heterocycles. The summed E-state index contributed by atoms with van der Waals surface area (Å²) in [4.78, 5) is 0. The van der Waals surface area contributed by atoms with E-state index < -0.39 is 11.7 Å². The van der Waals surface area contributed by atoms with E-state index in [4.69, 9.17) is 16.3 Å². The Balaban J connectivity index is 2.08. The number of benzene rings is 2. The second-order valence-corrected chi connectivity index (χ2v) is 4.31. The van der Waals surface area contributed by atoms with Gasteiger partial charge in [0, 0.05) is 5.02 Å². The van der Waals surface area contributed by atoms with Gasteiger partial charge in [0.05, 0.1) is 5.56 Å². The molecule has 0 amide bonds. The average Bonchev–Trinajstić information content (AvgIpc) is 2.36. The van der Waals surface area contributed by atoms with Crippen LogP contribution in [-0.2, 0) is 12.8 Å². The normalized spacial score (nSPS) is 11.4. The highest BCUT2D eigenvalue weighted by atomic mass is 35.5. The molecular formula is C14H9ClF3O. The fraction of sp³-hybridized carbons (Fsp3) is 0.143. The summed E-state index contributed by atoms with van der Waals surface area (Å²) in [6, 6.07) is 12.5. The maximum Gasteiger partial charge on any atom is 0.416 e. The summed E-state index contributed by atoms with van der Waals surface area (Å²) in [5, 5.41) is 0.553. The number of halogens is 4. The fourth-order valence-electron chi connectivity index (χ4n) is 1.49. The zero-order chi connectivity index (χ0) is 13.9. The first-order chi connectivity index (χ1) is 8.95. The van der Waals surface area contributed by atoms with Crippen molar-refractivity contribution in [1.82, 2.24) is 0 Å². The van der Waals surface area contributed by atoms with Crippen molar-refractivity contribution >= 4 is 11.6 Å². The van der Waals surface area contributed by atoms with Gasteiger partial charge in [-0.25, -0.2) is 0 Å². The van der Waals surface area contributed by atoms with Crippen LogP contribution in [0.15, 0.2) is 42.5 Å². The van der Waals surface area contributed by atoms with E-state index in [1.165, 1.54) is 6.07 Å².